The number of hydrogen-bond acceptors (Lipinski definition) is 5. The maximum absolute atomic E-state index is 11.8. The third-order valence-corrected chi connectivity index (χ3v) is 4.40. The standard InChI is InChI=1S/C10H15NO4S/c1-7-9(10(14-2)11-15-7)6-16(12,13)5-8-3-4-8/h8H,3-6H2,1-2H3. The number of sulfone groups is 1. The smallest absolute Gasteiger partial charge is 0.258 e. The molecule has 90 valence electrons. The summed E-state index contributed by atoms with van der Waals surface area (Å²) in [7, 11) is -1.62. The molecule has 5 nitrogen and oxygen atoms in total. The number of aryl methyl sites for hydroxylation is 1. The molecule has 0 aliphatic heterocycles. The Morgan fingerprint density at radius 3 is 2.75 bits per heavy atom. The lowest BCUT2D eigenvalue weighted by Gasteiger charge is -2.03. The summed E-state index contributed by atoms with van der Waals surface area (Å²) < 4.78 is 33.6. The largest absolute Gasteiger partial charge is 0.479 e. The van der Waals surface area contributed by atoms with Crippen LogP contribution in [-0.2, 0) is 15.6 Å². The Kier molecular flexibility index (Phi) is 2.92. The van der Waals surface area contributed by atoms with Gasteiger partial charge >= 0.3 is 0 Å². The highest BCUT2D eigenvalue weighted by Crippen LogP contribution is 2.32. The first-order valence-corrected chi connectivity index (χ1v) is 7.03. The summed E-state index contributed by atoms with van der Waals surface area (Å²) >= 11 is 0. The Balaban J connectivity index is 2.15. The van der Waals surface area contributed by atoms with Crippen LogP contribution >= 0.6 is 0 Å². The maximum atomic E-state index is 11.8. The summed E-state index contributed by atoms with van der Waals surface area (Å²) in [6, 6.07) is 0. The zero-order valence-electron chi connectivity index (χ0n) is 9.39. The summed E-state index contributed by atoms with van der Waals surface area (Å²) in [5.41, 5.74) is 0.545. The molecule has 1 aromatic rings. The second-order valence-electron chi connectivity index (χ2n) is 4.22. The number of rotatable bonds is 5. The molecule has 16 heavy (non-hydrogen) atoms. The molecule has 2 rings (SSSR count). The van der Waals surface area contributed by atoms with Crippen molar-refractivity contribution in [2.24, 2.45) is 5.92 Å². The third kappa shape index (κ3) is 2.55. The van der Waals surface area contributed by atoms with Crippen molar-refractivity contribution in [2.45, 2.75) is 25.5 Å². The predicted molar refractivity (Wildman–Crippen MR) is 58.0 cm³/mol. The van der Waals surface area contributed by atoms with Crippen molar-refractivity contribution in [3.05, 3.63) is 11.3 Å². The quantitative estimate of drug-likeness (QED) is 0.782. The Bertz CT molecular complexity index is 473. The molecule has 1 heterocycles. The summed E-state index contributed by atoms with van der Waals surface area (Å²) in [5, 5.41) is 3.65. The van der Waals surface area contributed by atoms with Gasteiger partial charge in [0, 0.05) is 0 Å². The van der Waals surface area contributed by atoms with E-state index in [9.17, 15) is 8.42 Å². The van der Waals surface area contributed by atoms with Crippen LogP contribution < -0.4 is 4.74 Å². The van der Waals surface area contributed by atoms with Gasteiger partial charge in [0.05, 0.1) is 24.2 Å². The maximum Gasteiger partial charge on any atom is 0.258 e. The monoisotopic (exact) mass is 245 g/mol. The Morgan fingerprint density at radius 1 is 1.50 bits per heavy atom. The highest BCUT2D eigenvalue weighted by atomic mass is 32.2. The molecule has 0 spiro atoms. The van der Waals surface area contributed by atoms with Crippen LogP contribution in [0.5, 0.6) is 5.88 Å². The summed E-state index contributed by atoms with van der Waals surface area (Å²) in [6.07, 6.45) is 2.05. The van der Waals surface area contributed by atoms with Crippen molar-refractivity contribution in [2.75, 3.05) is 12.9 Å². The minimum Gasteiger partial charge on any atom is -0.479 e. The first kappa shape index (κ1) is 11.4. The molecule has 1 saturated carbocycles. The van der Waals surface area contributed by atoms with Gasteiger partial charge in [-0.15, -0.1) is 0 Å². The van der Waals surface area contributed by atoms with E-state index in [4.69, 9.17) is 9.26 Å². The highest BCUT2D eigenvalue weighted by molar-refractivity contribution is 7.90. The van der Waals surface area contributed by atoms with Gasteiger partial charge in [0.1, 0.15) is 5.76 Å². The van der Waals surface area contributed by atoms with Gasteiger partial charge in [-0.1, -0.05) is 0 Å². The number of ether oxygens (including phenoxy) is 1. The fraction of sp³-hybridized carbons (Fsp3) is 0.700. The summed E-state index contributed by atoms with van der Waals surface area (Å²) in [6.45, 7) is 1.69. The van der Waals surface area contributed by atoms with E-state index in [-0.39, 0.29) is 17.4 Å². The minimum atomic E-state index is -3.08. The van der Waals surface area contributed by atoms with Crippen LogP contribution in [0.15, 0.2) is 4.52 Å². The number of nitrogens with zero attached hydrogens (tertiary/aromatic N) is 1. The van der Waals surface area contributed by atoms with E-state index >= 15 is 0 Å². The van der Waals surface area contributed by atoms with Crippen molar-refractivity contribution in [1.29, 1.82) is 0 Å². The van der Waals surface area contributed by atoms with Crippen LogP contribution in [0, 0.1) is 12.8 Å². The molecule has 0 amide bonds. The van der Waals surface area contributed by atoms with Crippen LogP contribution in [0.25, 0.3) is 0 Å². The minimum absolute atomic E-state index is 0.0397. The summed E-state index contributed by atoms with van der Waals surface area (Å²) in [4.78, 5) is 0. The van der Waals surface area contributed by atoms with Gasteiger partial charge in [0.15, 0.2) is 9.84 Å². The molecule has 1 aromatic heterocycles. The van der Waals surface area contributed by atoms with Crippen LogP contribution in [-0.4, -0.2) is 26.4 Å². The van der Waals surface area contributed by atoms with Gasteiger partial charge < -0.3 is 9.26 Å². The third-order valence-electron chi connectivity index (χ3n) is 2.69. The van der Waals surface area contributed by atoms with Gasteiger partial charge in [-0.2, -0.15) is 0 Å². The van der Waals surface area contributed by atoms with Crippen LogP contribution in [0.4, 0.5) is 0 Å². The molecule has 1 aliphatic carbocycles. The van der Waals surface area contributed by atoms with Crippen LogP contribution in [0.1, 0.15) is 24.2 Å². The average Bonchev–Trinajstić information content (AvgIpc) is 2.93. The molecule has 0 N–H and O–H groups in total. The van der Waals surface area contributed by atoms with Gasteiger partial charge in [0.25, 0.3) is 5.88 Å². The molecule has 0 atom stereocenters. The zero-order chi connectivity index (χ0) is 11.8. The van der Waals surface area contributed by atoms with E-state index < -0.39 is 9.84 Å². The van der Waals surface area contributed by atoms with E-state index in [1.54, 1.807) is 6.92 Å². The van der Waals surface area contributed by atoms with Gasteiger partial charge in [-0.05, 0) is 30.8 Å². The van der Waals surface area contributed by atoms with Crippen LogP contribution in [0.3, 0.4) is 0 Å². The van der Waals surface area contributed by atoms with Crippen molar-refractivity contribution in [1.82, 2.24) is 5.16 Å². The van der Waals surface area contributed by atoms with Gasteiger partial charge in [0.2, 0.25) is 0 Å². The van der Waals surface area contributed by atoms with Crippen molar-refractivity contribution in [3.8, 4) is 5.88 Å². The first-order valence-electron chi connectivity index (χ1n) is 5.21. The Hall–Kier alpha value is -1.04. The molecule has 0 radical (unpaired) electrons. The molecule has 0 bridgehead atoms. The number of methoxy groups -OCH3 is 1. The highest BCUT2D eigenvalue weighted by Gasteiger charge is 2.30. The molecule has 0 aromatic carbocycles. The van der Waals surface area contributed by atoms with Crippen molar-refractivity contribution in [3.63, 3.8) is 0 Å². The lowest BCUT2D eigenvalue weighted by Crippen LogP contribution is -2.11. The normalized spacial score (nSPS) is 16.4. The fourth-order valence-corrected chi connectivity index (χ4v) is 3.55. The summed E-state index contributed by atoms with van der Waals surface area (Å²) in [5.74, 6) is 1.37. The number of hydrogen-bond donors (Lipinski definition) is 0. The van der Waals surface area contributed by atoms with E-state index in [1.165, 1.54) is 7.11 Å². The second-order valence-corrected chi connectivity index (χ2v) is 6.33. The molecule has 1 aliphatic rings. The molecule has 1 fully saturated rings. The van der Waals surface area contributed by atoms with Gasteiger partial charge in [-0.3, -0.25) is 0 Å². The predicted octanol–water partition coefficient (Wildman–Crippen LogP) is 1.32. The lowest BCUT2D eigenvalue weighted by molar-refractivity contribution is 0.331. The van der Waals surface area contributed by atoms with E-state index in [1.807, 2.05) is 0 Å². The Labute approximate surface area is 94.7 Å². The average molecular weight is 245 g/mol. The zero-order valence-corrected chi connectivity index (χ0v) is 10.2. The van der Waals surface area contributed by atoms with Gasteiger partial charge in [-0.25, -0.2) is 8.42 Å². The van der Waals surface area contributed by atoms with E-state index in [2.05, 4.69) is 5.16 Å². The molecular formula is C10H15NO4S. The fourth-order valence-electron chi connectivity index (χ4n) is 1.62. The molecule has 0 saturated heterocycles. The first-order chi connectivity index (χ1) is 7.52. The lowest BCUT2D eigenvalue weighted by atomic mass is 10.3. The Morgan fingerprint density at radius 2 is 2.19 bits per heavy atom. The van der Waals surface area contributed by atoms with Crippen LogP contribution in [0.2, 0.25) is 0 Å². The topological polar surface area (TPSA) is 69.4 Å². The number of aromatic nitrogens is 1. The SMILES string of the molecule is COc1noc(C)c1CS(=O)(=O)CC1CC1. The second kappa shape index (κ2) is 4.08. The molecule has 0 unspecified atom stereocenters. The molecular weight excluding hydrogens is 230 g/mol. The molecule has 6 heteroatoms. The van der Waals surface area contributed by atoms with E-state index in [0.717, 1.165) is 12.8 Å². The van der Waals surface area contributed by atoms with E-state index in [0.29, 0.717) is 17.2 Å². The van der Waals surface area contributed by atoms with Crippen molar-refractivity contribution >= 4 is 9.84 Å². The van der Waals surface area contributed by atoms with Crippen molar-refractivity contribution < 1.29 is 17.7 Å².